The van der Waals surface area contributed by atoms with Crippen LogP contribution in [-0.4, -0.2) is 12.1 Å². The number of methoxy groups -OCH3 is 1. The monoisotopic (exact) mass is 279 g/mol. The van der Waals surface area contributed by atoms with E-state index in [9.17, 15) is 0 Å². The second kappa shape index (κ2) is 5.89. The molecule has 0 aliphatic carbocycles. The summed E-state index contributed by atoms with van der Waals surface area (Å²) in [6.45, 7) is 0. The molecular weight excluding hydrogens is 269 g/mol. The Kier molecular flexibility index (Phi) is 4.24. The quantitative estimate of drug-likeness (QED) is 0.821. The lowest BCUT2D eigenvalue weighted by molar-refractivity contribution is 0.412. The molecule has 92 valence electrons. The van der Waals surface area contributed by atoms with Gasteiger partial charge in [0.1, 0.15) is 11.4 Å². The van der Waals surface area contributed by atoms with E-state index in [1.54, 1.807) is 19.4 Å². The summed E-state index contributed by atoms with van der Waals surface area (Å²) in [4.78, 5) is 4.23. The predicted molar refractivity (Wildman–Crippen MR) is 76.2 cm³/mol. The molecule has 1 aromatic heterocycles. The fourth-order valence-corrected chi connectivity index (χ4v) is 2.09. The van der Waals surface area contributed by atoms with E-state index in [0.717, 1.165) is 17.0 Å². The van der Waals surface area contributed by atoms with Gasteiger partial charge in [-0.3, -0.25) is 4.98 Å². The Morgan fingerprint density at radius 3 is 2.50 bits per heavy atom. The Labute approximate surface area is 116 Å². The number of aromatic nitrogens is 1. The highest BCUT2D eigenvalue weighted by Gasteiger charge is 1.99. The lowest BCUT2D eigenvalue weighted by atomic mass is 10.2. The van der Waals surface area contributed by atoms with Gasteiger partial charge >= 0.3 is 0 Å². The molecule has 0 aliphatic heterocycles. The van der Waals surface area contributed by atoms with E-state index in [4.69, 9.17) is 27.9 Å². The third-order valence-electron chi connectivity index (χ3n) is 2.34. The fraction of sp³-hybridized carbons (Fsp3) is 0.0714. The van der Waals surface area contributed by atoms with Crippen molar-refractivity contribution in [2.75, 3.05) is 7.11 Å². The number of benzene rings is 1. The Hall–Kier alpha value is -1.51. The number of halogens is 2. The van der Waals surface area contributed by atoms with Crippen molar-refractivity contribution < 1.29 is 4.74 Å². The maximum absolute atomic E-state index is 5.93. The van der Waals surface area contributed by atoms with Crippen molar-refractivity contribution in [3.05, 3.63) is 57.8 Å². The van der Waals surface area contributed by atoms with Crippen molar-refractivity contribution in [2.45, 2.75) is 0 Å². The lowest BCUT2D eigenvalue weighted by Gasteiger charge is -2.02. The average Bonchev–Trinajstić information content (AvgIpc) is 2.35. The summed E-state index contributed by atoms with van der Waals surface area (Å²) in [5.41, 5.74) is 1.68. The van der Waals surface area contributed by atoms with Crippen LogP contribution in [0.4, 0.5) is 0 Å². The number of hydrogen-bond acceptors (Lipinski definition) is 2. The Morgan fingerprint density at radius 1 is 1.11 bits per heavy atom. The minimum atomic E-state index is 0.607. The van der Waals surface area contributed by atoms with Gasteiger partial charge in [0.2, 0.25) is 0 Å². The van der Waals surface area contributed by atoms with Gasteiger partial charge in [-0.05, 0) is 42.0 Å². The van der Waals surface area contributed by atoms with E-state index in [-0.39, 0.29) is 0 Å². The first-order valence-corrected chi connectivity index (χ1v) is 6.08. The second-order valence-electron chi connectivity index (χ2n) is 3.63. The van der Waals surface area contributed by atoms with Crippen LogP contribution in [0, 0.1) is 0 Å². The van der Waals surface area contributed by atoms with Crippen molar-refractivity contribution in [1.82, 2.24) is 4.98 Å². The van der Waals surface area contributed by atoms with E-state index in [2.05, 4.69) is 4.98 Å². The highest BCUT2D eigenvalue weighted by Crippen LogP contribution is 2.22. The number of rotatable bonds is 3. The predicted octanol–water partition coefficient (Wildman–Crippen LogP) is 4.57. The molecule has 2 nitrogen and oxygen atoms in total. The highest BCUT2D eigenvalue weighted by molar-refractivity contribution is 6.34. The summed E-state index contributed by atoms with van der Waals surface area (Å²) in [5, 5.41) is 1.21. The molecule has 1 heterocycles. The average molecular weight is 280 g/mol. The van der Waals surface area contributed by atoms with E-state index in [1.165, 1.54) is 0 Å². The molecule has 0 N–H and O–H groups in total. The standard InChI is InChI=1S/C14H11Cl2NO/c1-18-14-3-2-6-17-13(14)5-4-10-7-11(15)9-12(16)8-10/h2-9H,1H3. The molecule has 0 spiro atoms. The van der Waals surface area contributed by atoms with Gasteiger partial charge in [-0.1, -0.05) is 29.3 Å². The molecule has 4 heteroatoms. The molecule has 0 saturated heterocycles. The van der Waals surface area contributed by atoms with Gasteiger partial charge in [-0.25, -0.2) is 0 Å². The molecule has 0 atom stereocenters. The van der Waals surface area contributed by atoms with Crippen LogP contribution in [0.15, 0.2) is 36.5 Å². The van der Waals surface area contributed by atoms with Crippen LogP contribution in [0.1, 0.15) is 11.3 Å². The first-order valence-electron chi connectivity index (χ1n) is 5.32. The summed E-state index contributed by atoms with van der Waals surface area (Å²) >= 11 is 11.9. The molecule has 1 aromatic carbocycles. The zero-order valence-corrected chi connectivity index (χ0v) is 11.2. The molecule has 2 aromatic rings. The summed E-state index contributed by atoms with van der Waals surface area (Å²) < 4.78 is 5.22. The summed E-state index contributed by atoms with van der Waals surface area (Å²) in [6, 6.07) is 9.05. The van der Waals surface area contributed by atoms with Gasteiger partial charge in [0.05, 0.1) is 7.11 Å². The Bertz CT molecular complexity index is 562. The van der Waals surface area contributed by atoms with Gasteiger partial charge in [0, 0.05) is 16.2 Å². The molecule has 0 fully saturated rings. The smallest absolute Gasteiger partial charge is 0.144 e. The number of nitrogens with zero attached hydrogens (tertiary/aromatic N) is 1. The zero-order chi connectivity index (χ0) is 13.0. The summed E-state index contributed by atoms with van der Waals surface area (Å²) in [6.07, 6.45) is 5.47. The van der Waals surface area contributed by atoms with Gasteiger partial charge in [0.25, 0.3) is 0 Å². The molecule has 0 amide bonds. The van der Waals surface area contributed by atoms with Crippen LogP contribution in [-0.2, 0) is 0 Å². The van der Waals surface area contributed by atoms with Crippen LogP contribution in [0.5, 0.6) is 5.75 Å². The molecule has 2 rings (SSSR count). The first kappa shape index (κ1) is 12.9. The van der Waals surface area contributed by atoms with Gasteiger partial charge in [-0.15, -0.1) is 0 Å². The fourth-order valence-electron chi connectivity index (χ4n) is 1.55. The van der Waals surface area contributed by atoms with E-state index < -0.39 is 0 Å². The van der Waals surface area contributed by atoms with Crippen molar-refractivity contribution in [3.63, 3.8) is 0 Å². The van der Waals surface area contributed by atoms with Crippen molar-refractivity contribution >= 4 is 35.4 Å². The van der Waals surface area contributed by atoms with Crippen LogP contribution in [0.25, 0.3) is 12.2 Å². The second-order valence-corrected chi connectivity index (χ2v) is 4.50. The third kappa shape index (κ3) is 3.25. The molecule has 18 heavy (non-hydrogen) atoms. The van der Waals surface area contributed by atoms with Crippen LogP contribution in [0.2, 0.25) is 10.0 Å². The van der Waals surface area contributed by atoms with Crippen molar-refractivity contribution in [1.29, 1.82) is 0 Å². The van der Waals surface area contributed by atoms with Crippen LogP contribution in [0.3, 0.4) is 0 Å². The third-order valence-corrected chi connectivity index (χ3v) is 2.77. The number of hydrogen-bond donors (Lipinski definition) is 0. The molecule has 0 bridgehead atoms. The van der Waals surface area contributed by atoms with Gasteiger partial charge < -0.3 is 4.74 Å². The van der Waals surface area contributed by atoms with Crippen molar-refractivity contribution in [2.24, 2.45) is 0 Å². The van der Waals surface area contributed by atoms with Gasteiger partial charge in [0.15, 0.2) is 0 Å². The van der Waals surface area contributed by atoms with Crippen molar-refractivity contribution in [3.8, 4) is 5.75 Å². The van der Waals surface area contributed by atoms with E-state index in [0.29, 0.717) is 10.0 Å². The molecule has 0 saturated carbocycles. The molecular formula is C14H11Cl2NO. The first-order chi connectivity index (χ1) is 8.69. The number of pyridine rings is 1. The molecule has 0 radical (unpaired) electrons. The summed E-state index contributed by atoms with van der Waals surface area (Å²) in [7, 11) is 1.62. The van der Waals surface area contributed by atoms with Crippen LogP contribution >= 0.6 is 23.2 Å². The molecule has 0 aliphatic rings. The minimum absolute atomic E-state index is 0.607. The molecule has 0 unspecified atom stereocenters. The van der Waals surface area contributed by atoms with E-state index in [1.807, 2.05) is 36.4 Å². The SMILES string of the molecule is COc1cccnc1C=Cc1cc(Cl)cc(Cl)c1. The Morgan fingerprint density at radius 2 is 1.83 bits per heavy atom. The maximum Gasteiger partial charge on any atom is 0.144 e. The lowest BCUT2D eigenvalue weighted by Crippen LogP contribution is -1.88. The van der Waals surface area contributed by atoms with Crippen LogP contribution < -0.4 is 4.74 Å². The maximum atomic E-state index is 5.93. The van der Waals surface area contributed by atoms with Gasteiger partial charge in [-0.2, -0.15) is 0 Å². The van der Waals surface area contributed by atoms with E-state index >= 15 is 0 Å². The Balaban J connectivity index is 2.30. The summed E-state index contributed by atoms with van der Waals surface area (Å²) in [5.74, 6) is 0.724. The minimum Gasteiger partial charge on any atom is -0.494 e. The topological polar surface area (TPSA) is 22.1 Å². The zero-order valence-electron chi connectivity index (χ0n) is 9.73. The highest BCUT2D eigenvalue weighted by atomic mass is 35.5. The largest absolute Gasteiger partial charge is 0.494 e. The number of ether oxygens (including phenoxy) is 1. The normalized spacial score (nSPS) is 10.8.